The van der Waals surface area contributed by atoms with Gasteiger partial charge in [0.15, 0.2) is 0 Å². The van der Waals surface area contributed by atoms with E-state index in [0.29, 0.717) is 15.8 Å². The number of nitro benzene ring substituents is 1. The van der Waals surface area contributed by atoms with Gasteiger partial charge in [0.05, 0.1) is 21.4 Å². The molecule has 3 aromatic rings. The number of benzene rings is 2. The highest BCUT2D eigenvalue weighted by Crippen LogP contribution is 2.30. The van der Waals surface area contributed by atoms with Gasteiger partial charge < -0.3 is 9.72 Å². The zero-order valence-electron chi connectivity index (χ0n) is 16.1. The second-order valence-corrected chi connectivity index (χ2v) is 6.80. The molecule has 1 aromatic heterocycles. The van der Waals surface area contributed by atoms with Crippen LogP contribution in [0.1, 0.15) is 32.1 Å². The highest BCUT2D eigenvalue weighted by Gasteiger charge is 2.41. The Morgan fingerprint density at radius 1 is 1.16 bits per heavy atom. The first kappa shape index (κ1) is 19.9. The fourth-order valence-electron chi connectivity index (χ4n) is 3.36. The van der Waals surface area contributed by atoms with Gasteiger partial charge >= 0.3 is 5.97 Å². The van der Waals surface area contributed by atoms with Gasteiger partial charge in [-0.1, -0.05) is 18.2 Å². The lowest BCUT2D eigenvalue weighted by Gasteiger charge is -2.13. The maximum absolute atomic E-state index is 12.5. The van der Waals surface area contributed by atoms with E-state index in [4.69, 9.17) is 4.74 Å². The Bertz CT molecular complexity index is 1350. The molecular weight excluding hydrogens is 408 g/mol. The summed E-state index contributed by atoms with van der Waals surface area (Å²) in [5.41, 5.74) is -0.189. The number of fused-ring (bicyclic) bond motifs is 2. The minimum absolute atomic E-state index is 0.0955. The number of nitrogens with zero attached hydrogens (tertiary/aromatic N) is 3. The minimum atomic E-state index is -0.947. The average Bonchev–Trinajstić information content (AvgIpc) is 2.98. The van der Waals surface area contributed by atoms with Gasteiger partial charge in [-0.25, -0.2) is 4.98 Å². The van der Waals surface area contributed by atoms with Crippen molar-refractivity contribution >= 4 is 34.4 Å². The number of aromatic nitrogens is 2. The highest BCUT2D eigenvalue weighted by atomic mass is 16.6. The van der Waals surface area contributed by atoms with Gasteiger partial charge in [-0.15, -0.1) is 0 Å². The van der Waals surface area contributed by atoms with Crippen molar-refractivity contribution in [3.63, 3.8) is 0 Å². The van der Waals surface area contributed by atoms with E-state index < -0.39 is 40.5 Å². The summed E-state index contributed by atoms with van der Waals surface area (Å²) >= 11 is 0. The van der Waals surface area contributed by atoms with Crippen molar-refractivity contribution in [3.8, 4) is 0 Å². The molecule has 1 N–H and O–H groups in total. The first-order valence-electron chi connectivity index (χ1n) is 9.05. The number of nitro groups is 1. The maximum Gasteiger partial charge on any atom is 0.326 e. The van der Waals surface area contributed by atoms with Crippen molar-refractivity contribution in [1.82, 2.24) is 14.9 Å². The molecule has 0 saturated heterocycles. The molecule has 156 valence electrons. The highest BCUT2D eigenvalue weighted by molar-refractivity contribution is 6.24. The molecule has 0 saturated carbocycles. The Morgan fingerprint density at radius 2 is 1.90 bits per heavy atom. The van der Waals surface area contributed by atoms with Crippen molar-refractivity contribution in [3.05, 3.63) is 79.4 Å². The third-order valence-corrected chi connectivity index (χ3v) is 4.82. The fraction of sp³-hybridized carbons (Fsp3) is 0.150. The van der Waals surface area contributed by atoms with Gasteiger partial charge in [0.2, 0.25) is 0 Å². The van der Waals surface area contributed by atoms with E-state index in [1.807, 2.05) is 0 Å². The number of aryl methyl sites for hydroxylation is 1. The van der Waals surface area contributed by atoms with Crippen molar-refractivity contribution in [2.24, 2.45) is 0 Å². The number of imide groups is 1. The van der Waals surface area contributed by atoms with Crippen LogP contribution in [0.4, 0.5) is 5.69 Å². The summed E-state index contributed by atoms with van der Waals surface area (Å²) in [6.07, 6.45) is 0. The Kier molecular flexibility index (Phi) is 4.78. The van der Waals surface area contributed by atoms with Gasteiger partial charge in [0.25, 0.3) is 23.1 Å². The van der Waals surface area contributed by atoms with E-state index in [0.717, 1.165) is 11.6 Å². The number of H-pyrrole nitrogens is 1. The van der Waals surface area contributed by atoms with Crippen LogP contribution in [0.15, 0.2) is 41.2 Å². The SMILES string of the molecule is Cc1cccc2c(=O)[nH]c(COC(=O)CN3C(=O)c4cccc([N+](=O)[O-])c4C3=O)nc12. The predicted molar refractivity (Wildman–Crippen MR) is 105 cm³/mol. The van der Waals surface area contributed by atoms with E-state index >= 15 is 0 Å². The molecule has 4 rings (SSSR count). The number of rotatable bonds is 5. The van der Waals surface area contributed by atoms with Crippen LogP contribution in [0.5, 0.6) is 0 Å². The number of hydrogen-bond donors (Lipinski definition) is 1. The van der Waals surface area contributed by atoms with Crippen LogP contribution in [-0.2, 0) is 16.1 Å². The molecule has 0 radical (unpaired) electrons. The molecule has 1 aliphatic heterocycles. The number of nitrogens with one attached hydrogen (secondary N) is 1. The van der Waals surface area contributed by atoms with E-state index in [-0.39, 0.29) is 23.6 Å². The van der Waals surface area contributed by atoms with Crippen LogP contribution in [0.3, 0.4) is 0 Å². The number of para-hydroxylation sites is 1. The average molecular weight is 422 g/mol. The van der Waals surface area contributed by atoms with Crippen LogP contribution >= 0.6 is 0 Å². The number of amides is 2. The molecular formula is C20H14N4O7. The van der Waals surface area contributed by atoms with Gasteiger partial charge in [0.1, 0.15) is 24.5 Å². The molecule has 0 bridgehead atoms. The summed E-state index contributed by atoms with van der Waals surface area (Å²) < 4.78 is 5.06. The smallest absolute Gasteiger partial charge is 0.326 e. The summed E-state index contributed by atoms with van der Waals surface area (Å²) in [7, 11) is 0. The molecule has 2 amide bonds. The normalized spacial score (nSPS) is 12.9. The monoisotopic (exact) mass is 422 g/mol. The van der Waals surface area contributed by atoms with Crippen LogP contribution in [-0.4, -0.2) is 44.1 Å². The number of carbonyl (C=O) groups excluding carboxylic acids is 3. The number of hydrogen-bond acceptors (Lipinski definition) is 8. The molecule has 11 heteroatoms. The van der Waals surface area contributed by atoms with Crippen molar-refractivity contribution in [1.29, 1.82) is 0 Å². The van der Waals surface area contributed by atoms with Gasteiger partial charge in [0, 0.05) is 6.07 Å². The predicted octanol–water partition coefficient (Wildman–Crippen LogP) is 1.48. The topological polar surface area (TPSA) is 153 Å². The lowest BCUT2D eigenvalue weighted by Crippen LogP contribution is -2.35. The molecule has 1 aliphatic rings. The summed E-state index contributed by atoms with van der Waals surface area (Å²) in [4.78, 5) is 67.1. The molecule has 0 spiro atoms. The first-order chi connectivity index (χ1) is 14.8. The third kappa shape index (κ3) is 3.41. The summed E-state index contributed by atoms with van der Waals surface area (Å²) in [5, 5.41) is 11.5. The fourth-order valence-corrected chi connectivity index (χ4v) is 3.36. The van der Waals surface area contributed by atoms with Crippen LogP contribution in [0.25, 0.3) is 10.9 Å². The lowest BCUT2D eigenvalue weighted by atomic mass is 10.1. The Morgan fingerprint density at radius 3 is 2.65 bits per heavy atom. The summed E-state index contributed by atoms with van der Waals surface area (Å²) in [6, 6.07) is 8.79. The number of carbonyl (C=O) groups is 3. The van der Waals surface area contributed by atoms with E-state index in [1.165, 1.54) is 12.1 Å². The van der Waals surface area contributed by atoms with E-state index in [9.17, 15) is 29.3 Å². The minimum Gasteiger partial charge on any atom is -0.456 e. The first-order valence-corrected chi connectivity index (χ1v) is 9.05. The van der Waals surface area contributed by atoms with Crippen molar-refractivity contribution in [2.45, 2.75) is 13.5 Å². The number of esters is 1. The van der Waals surface area contributed by atoms with Crippen molar-refractivity contribution in [2.75, 3.05) is 6.54 Å². The molecule has 31 heavy (non-hydrogen) atoms. The Balaban J connectivity index is 1.49. The van der Waals surface area contributed by atoms with Gasteiger partial charge in [-0.3, -0.25) is 34.2 Å². The number of ether oxygens (including phenoxy) is 1. The zero-order valence-corrected chi connectivity index (χ0v) is 16.1. The second kappa shape index (κ2) is 7.44. The second-order valence-electron chi connectivity index (χ2n) is 6.80. The van der Waals surface area contributed by atoms with Gasteiger partial charge in [-0.05, 0) is 24.6 Å². The molecule has 0 unspecified atom stereocenters. The molecule has 2 aromatic carbocycles. The van der Waals surface area contributed by atoms with Crippen LogP contribution in [0, 0.1) is 17.0 Å². The molecule has 2 heterocycles. The quantitative estimate of drug-likeness (QED) is 0.281. The summed E-state index contributed by atoms with van der Waals surface area (Å²) in [6.45, 7) is 0.661. The van der Waals surface area contributed by atoms with Gasteiger partial charge in [-0.2, -0.15) is 0 Å². The lowest BCUT2D eigenvalue weighted by molar-refractivity contribution is -0.385. The van der Waals surface area contributed by atoms with E-state index in [2.05, 4.69) is 9.97 Å². The third-order valence-electron chi connectivity index (χ3n) is 4.82. The Hall–Kier alpha value is -4.41. The molecule has 0 aliphatic carbocycles. The molecule has 11 nitrogen and oxygen atoms in total. The standard InChI is InChI=1S/C20H14N4O7/c1-10-4-2-6-12-17(10)21-14(22-18(12)26)9-31-15(25)8-23-19(27)11-5-3-7-13(24(29)30)16(11)20(23)28/h2-7H,8-9H2,1H3,(H,21,22,26). The largest absolute Gasteiger partial charge is 0.456 e. The van der Waals surface area contributed by atoms with Crippen molar-refractivity contribution < 1.29 is 24.0 Å². The summed E-state index contributed by atoms with van der Waals surface area (Å²) in [5.74, 6) is -2.62. The van der Waals surface area contributed by atoms with Crippen LogP contribution < -0.4 is 5.56 Å². The molecule has 0 atom stereocenters. The number of aromatic amines is 1. The molecule has 0 fully saturated rings. The maximum atomic E-state index is 12.5. The zero-order chi connectivity index (χ0) is 22.3. The Labute approximate surface area is 173 Å². The van der Waals surface area contributed by atoms with Crippen LogP contribution in [0.2, 0.25) is 0 Å². The van der Waals surface area contributed by atoms with E-state index in [1.54, 1.807) is 25.1 Å².